The van der Waals surface area contributed by atoms with Crippen LogP contribution in [-0.4, -0.2) is 62.7 Å². The lowest BCUT2D eigenvalue weighted by atomic mass is 10.0. The van der Waals surface area contributed by atoms with Gasteiger partial charge in [0.15, 0.2) is 5.65 Å². The molecule has 6 nitrogen and oxygen atoms in total. The fourth-order valence-corrected chi connectivity index (χ4v) is 4.95. The first-order valence-electron chi connectivity index (χ1n) is 11.5. The molecule has 1 atom stereocenters. The highest BCUT2D eigenvalue weighted by Crippen LogP contribution is 2.29. The van der Waals surface area contributed by atoms with Gasteiger partial charge in [0, 0.05) is 30.7 Å². The lowest BCUT2D eigenvalue weighted by Crippen LogP contribution is -2.37. The van der Waals surface area contributed by atoms with E-state index in [4.69, 9.17) is 4.98 Å². The molecule has 0 aliphatic carbocycles. The Balaban J connectivity index is 1.53. The van der Waals surface area contributed by atoms with Crippen molar-refractivity contribution in [2.45, 2.75) is 52.1 Å². The molecule has 1 aromatic carbocycles. The maximum Gasteiger partial charge on any atom is 0.254 e. The Bertz CT molecular complexity index is 1100. The summed E-state index contributed by atoms with van der Waals surface area (Å²) in [5.74, 6) is 0.103. The van der Waals surface area contributed by atoms with Crippen molar-refractivity contribution in [2.75, 3.05) is 26.2 Å². The van der Waals surface area contributed by atoms with E-state index in [1.807, 2.05) is 21.8 Å². The fraction of sp³-hybridized carbons (Fsp3) is 0.480. The summed E-state index contributed by atoms with van der Waals surface area (Å²) in [6.45, 7) is 10.2. The second-order valence-electron chi connectivity index (χ2n) is 9.28. The van der Waals surface area contributed by atoms with E-state index < -0.39 is 0 Å². The summed E-state index contributed by atoms with van der Waals surface area (Å²) in [7, 11) is 0. The molecule has 6 heteroatoms. The van der Waals surface area contributed by atoms with Crippen LogP contribution in [0.3, 0.4) is 0 Å². The predicted octanol–water partition coefficient (Wildman–Crippen LogP) is 4.30. The zero-order valence-electron chi connectivity index (χ0n) is 18.7. The van der Waals surface area contributed by atoms with Crippen LogP contribution in [0, 0.1) is 6.92 Å². The summed E-state index contributed by atoms with van der Waals surface area (Å²) in [5.41, 5.74) is 4.56. The number of rotatable bonds is 4. The normalized spacial score (nSPS) is 19.7. The number of aryl methyl sites for hydroxylation is 1. The molecule has 0 saturated carbocycles. The highest BCUT2D eigenvalue weighted by Gasteiger charge is 2.33. The van der Waals surface area contributed by atoms with Crippen molar-refractivity contribution < 1.29 is 4.79 Å². The summed E-state index contributed by atoms with van der Waals surface area (Å²) in [6.07, 6.45) is 5.44. The van der Waals surface area contributed by atoms with Gasteiger partial charge >= 0.3 is 0 Å². The summed E-state index contributed by atoms with van der Waals surface area (Å²) in [5, 5.41) is 5.41. The van der Waals surface area contributed by atoms with E-state index in [2.05, 4.69) is 55.0 Å². The van der Waals surface area contributed by atoms with E-state index in [0.717, 1.165) is 47.4 Å². The van der Waals surface area contributed by atoms with E-state index in [1.165, 1.54) is 31.5 Å². The van der Waals surface area contributed by atoms with Gasteiger partial charge in [-0.05, 0) is 59.2 Å². The molecule has 1 amide bonds. The molecule has 0 spiro atoms. The minimum absolute atomic E-state index is 0.103. The van der Waals surface area contributed by atoms with Crippen molar-refractivity contribution in [2.24, 2.45) is 0 Å². The standard InChI is InChI=1S/C25H31N5O/c1-17(2)30-24-22(15-26-30)21(14-23(27-24)19-8-6-18(3)7-9-19)25(31)29-13-10-20(16-29)28-11-4-5-12-28/h6-9,14-15,17,20H,4-5,10-13,16H2,1-3H3. The second kappa shape index (κ2) is 8.08. The number of amides is 1. The summed E-state index contributed by atoms with van der Waals surface area (Å²) >= 11 is 0. The first-order chi connectivity index (χ1) is 15.0. The lowest BCUT2D eigenvalue weighted by Gasteiger charge is -2.24. The summed E-state index contributed by atoms with van der Waals surface area (Å²) < 4.78 is 1.92. The van der Waals surface area contributed by atoms with Crippen LogP contribution in [0.15, 0.2) is 36.5 Å². The highest BCUT2D eigenvalue weighted by atomic mass is 16.2. The molecule has 0 bridgehead atoms. The number of pyridine rings is 1. The van der Waals surface area contributed by atoms with Gasteiger partial charge in [0.05, 0.1) is 22.8 Å². The third kappa shape index (κ3) is 3.74. The fourth-order valence-electron chi connectivity index (χ4n) is 4.95. The monoisotopic (exact) mass is 417 g/mol. The molecule has 1 unspecified atom stereocenters. The van der Waals surface area contributed by atoms with Gasteiger partial charge in [0.1, 0.15) is 0 Å². The Morgan fingerprint density at radius 1 is 1.10 bits per heavy atom. The van der Waals surface area contributed by atoms with Crippen LogP contribution in [0.4, 0.5) is 0 Å². The number of fused-ring (bicyclic) bond motifs is 1. The van der Waals surface area contributed by atoms with Crippen LogP contribution in [0.1, 0.15) is 55.1 Å². The van der Waals surface area contributed by atoms with Crippen molar-refractivity contribution in [1.82, 2.24) is 24.6 Å². The van der Waals surface area contributed by atoms with Gasteiger partial charge in [0.25, 0.3) is 5.91 Å². The first kappa shape index (κ1) is 20.2. The quantitative estimate of drug-likeness (QED) is 0.635. The first-order valence-corrected chi connectivity index (χ1v) is 11.5. The number of carbonyl (C=O) groups is 1. The third-order valence-corrected chi connectivity index (χ3v) is 6.74. The zero-order valence-corrected chi connectivity index (χ0v) is 18.7. The molecule has 0 N–H and O–H groups in total. The SMILES string of the molecule is Cc1ccc(-c2cc(C(=O)N3CCC(N4CCCC4)C3)c3cnn(C(C)C)c3n2)cc1. The molecule has 3 aromatic rings. The number of aromatic nitrogens is 3. The number of hydrogen-bond acceptors (Lipinski definition) is 4. The number of likely N-dealkylation sites (tertiary alicyclic amines) is 2. The van der Waals surface area contributed by atoms with E-state index in [9.17, 15) is 4.79 Å². The Labute approximate surface area is 183 Å². The molecule has 5 rings (SSSR count). The minimum atomic E-state index is 0.103. The average molecular weight is 418 g/mol. The predicted molar refractivity (Wildman–Crippen MR) is 123 cm³/mol. The van der Waals surface area contributed by atoms with Crippen LogP contribution in [0.5, 0.6) is 0 Å². The van der Waals surface area contributed by atoms with Crippen LogP contribution in [0.2, 0.25) is 0 Å². The topological polar surface area (TPSA) is 54.3 Å². The average Bonchev–Trinajstić information content (AvgIpc) is 3.53. The molecule has 2 aliphatic rings. The molecular weight excluding hydrogens is 386 g/mol. The minimum Gasteiger partial charge on any atom is -0.337 e. The molecule has 2 aromatic heterocycles. The van der Waals surface area contributed by atoms with Gasteiger partial charge < -0.3 is 4.90 Å². The maximum absolute atomic E-state index is 13.7. The van der Waals surface area contributed by atoms with Gasteiger partial charge in [-0.1, -0.05) is 29.8 Å². The Morgan fingerprint density at radius 3 is 2.55 bits per heavy atom. The van der Waals surface area contributed by atoms with Crippen molar-refractivity contribution in [3.05, 3.63) is 47.7 Å². The molecule has 4 heterocycles. The summed E-state index contributed by atoms with van der Waals surface area (Å²) in [6, 6.07) is 11.0. The molecule has 2 fully saturated rings. The van der Waals surface area contributed by atoms with Crippen molar-refractivity contribution in [3.8, 4) is 11.3 Å². The van der Waals surface area contributed by atoms with Crippen molar-refractivity contribution >= 4 is 16.9 Å². The molecule has 0 radical (unpaired) electrons. The van der Waals surface area contributed by atoms with Crippen molar-refractivity contribution in [1.29, 1.82) is 0 Å². The lowest BCUT2D eigenvalue weighted by molar-refractivity contribution is 0.0782. The van der Waals surface area contributed by atoms with Gasteiger partial charge in [-0.25, -0.2) is 9.67 Å². The second-order valence-corrected chi connectivity index (χ2v) is 9.28. The van der Waals surface area contributed by atoms with Gasteiger partial charge in [-0.2, -0.15) is 5.10 Å². The Kier molecular flexibility index (Phi) is 5.26. The van der Waals surface area contributed by atoms with Crippen LogP contribution in [0.25, 0.3) is 22.3 Å². The Morgan fingerprint density at radius 2 is 1.84 bits per heavy atom. The molecule has 2 saturated heterocycles. The van der Waals surface area contributed by atoms with Crippen LogP contribution < -0.4 is 0 Å². The molecular formula is C25H31N5O. The number of hydrogen-bond donors (Lipinski definition) is 0. The smallest absolute Gasteiger partial charge is 0.254 e. The summed E-state index contributed by atoms with van der Waals surface area (Å²) in [4.78, 5) is 23.2. The molecule has 31 heavy (non-hydrogen) atoms. The number of benzene rings is 1. The third-order valence-electron chi connectivity index (χ3n) is 6.74. The van der Waals surface area contributed by atoms with Crippen LogP contribution >= 0.6 is 0 Å². The maximum atomic E-state index is 13.7. The van der Waals surface area contributed by atoms with Gasteiger partial charge in [-0.15, -0.1) is 0 Å². The van der Waals surface area contributed by atoms with E-state index in [0.29, 0.717) is 6.04 Å². The van der Waals surface area contributed by atoms with Gasteiger partial charge in [-0.3, -0.25) is 9.69 Å². The van der Waals surface area contributed by atoms with Gasteiger partial charge in [0.2, 0.25) is 0 Å². The van der Waals surface area contributed by atoms with Crippen molar-refractivity contribution in [3.63, 3.8) is 0 Å². The highest BCUT2D eigenvalue weighted by molar-refractivity contribution is 6.06. The Hall–Kier alpha value is -2.73. The number of nitrogens with zero attached hydrogens (tertiary/aromatic N) is 5. The molecule has 2 aliphatic heterocycles. The van der Waals surface area contributed by atoms with Crippen LogP contribution in [-0.2, 0) is 0 Å². The largest absolute Gasteiger partial charge is 0.337 e. The van der Waals surface area contributed by atoms with E-state index in [1.54, 1.807) is 0 Å². The van der Waals surface area contributed by atoms with E-state index in [-0.39, 0.29) is 11.9 Å². The number of carbonyl (C=O) groups excluding carboxylic acids is 1. The zero-order chi connectivity index (χ0) is 21.5. The van der Waals surface area contributed by atoms with E-state index >= 15 is 0 Å². The molecule has 162 valence electrons.